The predicted octanol–water partition coefficient (Wildman–Crippen LogP) is 4.20. The molecule has 96 valence electrons. The van der Waals surface area contributed by atoms with Crippen molar-refractivity contribution in [2.24, 2.45) is 5.92 Å². The Morgan fingerprint density at radius 2 is 1.94 bits per heavy atom. The molecule has 0 aromatic heterocycles. The lowest BCUT2D eigenvalue weighted by atomic mass is 10.2. The van der Waals surface area contributed by atoms with Crippen LogP contribution < -0.4 is 0 Å². The smallest absolute Gasteiger partial charge is 0.109 e. The lowest BCUT2D eigenvalue weighted by molar-refractivity contribution is 0.162. The van der Waals surface area contributed by atoms with E-state index in [-0.39, 0.29) is 0 Å². The van der Waals surface area contributed by atoms with Gasteiger partial charge in [0.1, 0.15) is 7.14 Å². The van der Waals surface area contributed by atoms with Crippen LogP contribution in [0.1, 0.15) is 25.8 Å². The second-order valence-electron chi connectivity index (χ2n) is 4.96. The minimum Gasteiger partial charge on any atom is -0.369 e. The van der Waals surface area contributed by atoms with Gasteiger partial charge in [0.15, 0.2) is 0 Å². The Balaban J connectivity index is 2.33. The van der Waals surface area contributed by atoms with E-state index >= 15 is 0 Å². The fraction of sp³-hybridized carbons (Fsp3) is 0.571. The molecule has 2 nitrogen and oxygen atoms in total. The molecular formula is C14H23O2P. The monoisotopic (exact) mass is 254 g/mol. The fourth-order valence-corrected chi connectivity index (χ4v) is 3.93. The maximum absolute atomic E-state index is 12.2. The van der Waals surface area contributed by atoms with Gasteiger partial charge in [-0.1, -0.05) is 50.6 Å². The van der Waals surface area contributed by atoms with Gasteiger partial charge >= 0.3 is 0 Å². The molecular weight excluding hydrogens is 231 g/mol. The van der Waals surface area contributed by atoms with Crippen LogP contribution >= 0.6 is 7.14 Å². The largest absolute Gasteiger partial charge is 0.369 e. The molecule has 0 aliphatic heterocycles. The van der Waals surface area contributed by atoms with Crippen LogP contribution in [0.2, 0.25) is 0 Å². The van der Waals surface area contributed by atoms with Crippen LogP contribution in [-0.2, 0) is 15.9 Å². The van der Waals surface area contributed by atoms with Crippen LogP contribution in [-0.4, -0.2) is 19.2 Å². The standard InChI is InChI=1S/C14H23O2P/c1-4-13(2)11-17(3,15)12-16-10-14-8-6-5-7-9-14/h5-9,13H,4,10-12H2,1-3H3/t13-,17+/m0/s1. The summed E-state index contributed by atoms with van der Waals surface area (Å²) in [7, 11) is -2.12. The van der Waals surface area contributed by atoms with Crippen molar-refractivity contribution < 1.29 is 9.30 Å². The van der Waals surface area contributed by atoms with Crippen LogP contribution in [0.5, 0.6) is 0 Å². The summed E-state index contributed by atoms with van der Waals surface area (Å²) in [5.74, 6) is 0.520. The molecule has 0 fully saturated rings. The first kappa shape index (κ1) is 14.5. The van der Waals surface area contributed by atoms with Crippen LogP contribution in [0.25, 0.3) is 0 Å². The lowest BCUT2D eigenvalue weighted by Gasteiger charge is -2.17. The van der Waals surface area contributed by atoms with E-state index in [1.54, 1.807) is 0 Å². The molecule has 0 amide bonds. The Labute approximate surface area is 105 Å². The molecule has 1 rings (SSSR count). The van der Waals surface area contributed by atoms with Crippen molar-refractivity contribution in [1.82, 2.24) is 0 Å². The molecule has 0 bridgehead atoms. The number of hydrogen-bond donors (Lipinski definition) is 0. The molecule has 17 heavy (non-hydrogen) atoms. The average Bonchev–Trinajstić information content (AvgIpc) is 2.29. The van der Waals surface area contributed by atoms with E-state index in [1.165, 1.54) is 0 Å². The maximum atomic E-state index is 12.2. The Bertz CT molecular complexity index is 362. The van der Waals surface area contributed by atoms with Gasteiger partial charge in [-0.25, -0.2) is 0 Å². The summed E-state index contributed by atoms with van der Waals surface area (Å²) in [4.78, 5) is 0. The fourth-order valence-electron chi connectivity index (χ4n) is 1.77. The molecule has 1 aromatic rings. The van der Waals surface area contributed by atoms with E-state index in [0.717, 1.165) is 18.1 Å². The molecule has 0 aliphatic rings. The summed E-state index contributed by atoms with van der Waals surface area (Å²) in [6.45, 7) is 6.69. The zero-order chi connectivity index (χ0) is 12.7. The Hall–Kier alpha value is -0.590. The van der Waals surface area contributed by atoms with Crippen molar-refractivity contribution in [3.63, 3.8) is 0 Å². The van der Waals surface area contributed by atoms with Gasteiger partial charge in [-0.2, -0.15) is 0 Å². The summed E-state index contributed by atoms with van der Waals surface area (Å²) in [5, 5.41) is 0. The van der Waals surface area contributed by atoms with Gasteiger partial charge in [0, 0.05) is 6.16 Å². The van der Waals surface area contributed by atoms with E-state index in [2.05, 4.69) is 13.8 Å². The number of benzene rings is 1. The first-order chi connectivity index (χ1) is 8.03. The van der Waals surface area contributed by atoms with E-state index in [0.29, 0.717) is 18.9 Å². The molecule has 1 aromatic carbocycles. The van der Waals surface area contributed by atoms with Gasteiger partial charge in [-0.3, -0.25) is 0 Å². The van der Waals surface area contributed by atoms with Crippen molar-refractivity contribution in [2.75, 3.05) is 19.2 Å². The third-order valence-corrected chi connectivity index (χ3v) is 5.00. The summed E-state index contributed by atoms with van der Waals surface area (Å²) in [5.41, 5.74) is 1.14. The summed E-state index contributed by atoms with van der Waals surface area (Å²) >= 11 is 0. The molecule has 3 heteroatoms. The first-order valence-corrected chi connectivity index (χ1v) is 8.73. The lowest BCUT2D eigenvalue weighted by Crippen LogP contribution is -2.05. The SMILES string of the molecule is CC[C@H](C)C[P@@](C)(=O)COCc1ccccc1. The second-order valence-corrected chi connectivity index (χ2v) is 8.17. The Kier molecular flexibility index (Phi) is 5.94. The van der Waals surface area contributed by atoms with Gasteiger partial charge in [0.25, 0.3) is 0 Å². The third-order valence-electron chi connectivity index (χ3n) is 2.87. The third kappa shape index (κ3) is 6.05. The van der Waals surface area contributed by atoms with Gasteiger partial charge in [0.05, 0.1) is 13.0 Å². The highest BCUT2D eigenvalue weighted by atomic mass is 31.2. The highest BCUT2D eigenvalue weighted by Crippen LogP contribution is 2.43. The highest BCUT2D eigenvalue weighted by molar-refractivity contribution is 7.62. The van der Waals surface area contributed by atoms with Crippen molar-refractivity contribution in [1.29, 1.82) is 0 Å². The summed E-state index contributed by atoms with van der Waals surface area (Å²) < 4.78 is 17.8. The molecule has 0 spiro atoms. The van der Waals surface area contributed by atoms with Crippen molar-refractivity contribution in [3.8, 4) is 0 Å². The molecule has 0 N–H and O–H groups in total. The molecule has 0 saturated carbocycles. The van der Waals surface area contributed by atoms with Crippen molar-refractivity contribution >= 4 is 7.14 Å². The quantitative estimate of drug-likeness (QED) is 0.682. The molecule has 0 saturated heterocycles. The van der Waals surface area contributed by atoms with Crippen LogP contribution in [0.4, 0.5) is 0 Å². The van der Waals surface area contributed by atoms with E-state index in [4.69, 9.17) is 4.74 Å². The molecule has 0 heterocycles. The molecule has 0 radical (unpaired) electrons. The molecule has 2 atom stereocenters. The Morgan fingerprint density at radius 1 is 1.29 bits per heavy atom. The van der Waals surface area contributed by atoms with E-state index in [1.807, 2.05) is 37.0 Å². The summed E-state index contributed by atoms with van der Waals surface area (Å²) in [6.07, 6.45) is 2.26. The van der Waals surface area contributed by atoms with Crippen molar-refractivity contribution in [3.05, 3.63) is 35.9 Å². The predicted molar refractivity (Wildman–Crippen MR) is 74.0 cm³/mol. The molecule has 0 aliphatic carbocycles. The number of ether oxygens (including phenoxy) is 1. The summed E-state index contributed by atoms with van der Waals surface area (Å²) in [6, 6.07) is 10.0. The minimum atomic E-state index is -2.12. The topological polar surface area (TPSA) is 26.3 Å². The van der Waals surface area contributed by atoms with Crippen LogP contribution in [0.3, 0.4) is 0 Å². The van der Waals surface area contributed by atoms with Crippen LogP contribution in [0, 0.1) is 5.92 Å². The van der Waals surface area contributed by atoms with Gasteiger partial charge in [0.2, 0.25) is 0 Å². The maximum Gasteiger partial charge on any atom is 0.109 e. The average molecular weight is 254 g/mol. The van der Waals surface area contributed by atoms with E-state index < -0.39 is 7.14 Å². The highest BCUT2D eigenvalue weighted by Gasteiger charge is 2.18. The van der Waals surface area contributed by atoms with Gasteiger partial charge in [-0.05, 0) is 18.1 Å². The van der Waals surface area contributed by atoms with Gasteiger partial charge < -0.3 is 9.30 Å². The number of rotatable bonds is 7. The van der Waals surface area contributed by atoms with Crippen LogP contribution in [0.15, 0.2) is 30.3 Å². The number of hydrogen-bond acceptors (Lipinski definition) is 2. The normalized spacial score (nSPS) is 16.4. The van der Waals surface area contributed by atoms with E-state index in [9.17, 15) is 4.57 Å². The Morgan fingerprint density at radius 3 is 2.53 bits per heavy atom. The second kappa shape index (κ2) is 6.98. The van der Waals surface area contributed by atoms with Crippen molar-refractivity contribution in [2.45, 2.75) is 26.9 Å². The first-order valence-electron chi connectivity index (χ1n) is 6.20. The van der Waals surface area contributed by atoms with Gasteiger partial charge in [-0.15, -0.1) is 0 Å². The zero-order valence-electron chi connectivity index (χ0n) is 11.1. The minimum absolute atomic E-state index is 0.395. The zero-order valence-corrected chi connectivity index (χ0v) is 12.0. The molecule has 0 unspecified atom stereocenters.